The molecule has 0 heterocycles. The average Bonchev–Trinajstić information content (AvgIpc) is 2.04. The van der Waals surface area contributed by atoms with Crippen molar-refractivity contribution in [1.82, 2.24) is 5.32 Å². The Balaban J connectivity index is 3.42. The van der Waals surface area contributed by atoms with Gasteiger partial charge in [-0.3, -0.25) is 0 Å². The fourth-order valence-corrected chi connectivity index (χ4v) is 0.748. The molecule has 0 bridgehead atoms. The van der Waals surface area contributed by atoms with Crippen LogP contribution in [0.3, 0.4) is 0 Å². The maximum absolute atomic E-state index is 8.81. The molecule has 0 aliphatic carbocycles. The van der Waals surface area contributed by atoms with E-state index in [0.29, 0.717) is 6.42 Å². The quantitative estimate of drug-likeness (QED) is 0.421. The summed E-state index contributed by atoms with van der Waals surface area (Å²) < 4.78 is 0. The molecule has 0 aromatic rings. The van der Waals surface area contributed by atoms with Crippen LogP contribution in [0.5, 0.6) is 0 Å². The fraction of sp³-hybridized carbons (Fsp3) is 1.00. The molecule has 4 heteroatoms. The van der Waals surface area contributed by atoms with Gasteiger partial charge in [-0.05, 0) is 26.8 Å². The highest BCUT2D eigenvalue weighted by Gasteiger charge is 2.16. The topological polar surface area (TPSA) is 78.5 Å². The summed E-state index contributed by atoms with van der Waals surface area (Å²) in [5.74, 6) is 0. The van der Waals surface area contributed by atoms with E-state index in [0.717, 1.165) is 6.54 Å². The number of aliphatic hydroxyl groups is 2. The standard InChI is InChI=1S/C8H20N2O2/c1-7(5-11)10-4-3-8(2,9)6-12/h7,10-12H,3-6,9H2,1-2H3. The largest absolute Gasteiger partial charge is 0.395 e. The van der Waals surface area contributed by atoms with Crippen LogP contribution in [0.4, 0.5) is 0 Å². The van der Waals surface area contributed by atoms with Crippen LogP contribution < -0.4 is 11.1 Å². The third-order valence-electron chi connectivity index (χ3n) is 1.82. The van der Waals surface area contributed by atoms with Gasteiger partial charge in [-0.15, -0.1) is 0 Å². The fourth-order valence-electron chi connectivity index (χ4n) is 0.748. The first-order valence-electron chi connectivity index (χ1n) is 4.26. The zero-order chi connectivity index (χ0) is 9.61. The molecule has 0 aromatic heterocycles. The van der Waals surface area contributed by atoms with Gasteiger partial charge in [0, 0.05) is 11.6 Å². The first-order chi connectivity index (χ1) is 5.52. The van der Waals surface area contributed by atoms with Crippen molar-refractivity contribution < 1.29 is 10.2 Å². The molecular formula is C8H20N2O2. The third kappa shape index (κ3) is 5.49. The molecule has 0 aromatic carbocycles. The van der Waals surface area contributed by atoms with Crippen LogP contribution in [0.25, 0.3) is 0 Å². The smallest absolute Gasteiger partial charge is 0.0608 e. The maximum Gasteiger partial charge on any atom is 0.0608 e. The molecule has 0 saturated carbocycles. The van der Waals surface area contributed by atoms with Crippen LogP contribution in [0.2, 0.25) is 0 Å². The summed E-state index contributed by atoms with van der Waals surface area (Å²) >= 11 is 0. The van der Waals surface area contributed by atoms with Gasteiger partial charge in [0.15, 0.2) is 0 Å². The van der Waals surface area contributed by atoms with Gasteiger partial charge in [0.05, 0.1) is 13.2 Å². The Morgan fingerprint density at radius 1 is 1.50 bits per heavy atom. The maximum atomic E-state index is 8.81. The number of nitrogens with one attached hydrogen (secondary N) is 1. The molecule has 2 unspecified atom stereocenters. The normalized spacial score (nSPS) is 18.8. The molecule has 74 valence electrons. The zero-order valence-electron chi connectivity index (χ0n) is 7.88. The van der Waals surface area contributed by atoms with E-state index in [1.165, 1.54) is 0 Å². The molecule has 0 radical (unpaired) electrons. The number of hydrogen-bond acceptors (Lipinski definition) is 4. The molecule has 12 heavy (non-hydrogen) atoms. The lowest BCUT2D eigenvalue weighted by molar-refractivity contribution is 0.194. The molecule has 5 N–H and O–H groups in total. The molecule has 0 amide bonds. The highest BCUT2D eigenvalue weighted by atomic mass is 16.3. The average molecular weight is 176 g/mol. The summed E-state index contributed by atoms with van der Waals surface area (Å²) in [7, 11) is 0. The van der Waals surface area contributed by atoms with Crippen molar-refractivity contribution in [3.8, 4) is 0 Å². The van der Waals surface area contributed by atoms with Gasteiger partial charge in [-0.1, -0.05) is 0 Å². The summed E-state index contributed by atoms with van der Waals surface area (Å²) in [6, 6.07) is 0.0968. The first kappa shape index (κ1) is 11.8. The van der Waals surface area contributed by atoms with Gasteiger partial charge in [0.25, 0.3) is 0 Å². The van der Waals surface area contributed by atoms with E-state index < -0.39 is 5.54 Å². The van der Waals surface area contributed by atoms with Crippen LogP contribution >= 0.6 is 0 Å². The minimum atomic E-state index is -0.512. The molecule has 0 fully saturated rings. The van der Waals surface area contributed by atoms with Gasteiger partial charge in [-0.2, -0.15) is 0 Å². The minimum absolute atomic E-state index is 0.0117. The summed E-state index contributed by atoms with van der Waals surface area (Å²) in [5.41, 5.74) is 5.18. The van der Waals surface area contributed by atoms with Crippen LogP contribution in [0, 0.1) is 0 Å². The second-order valence-electron chi connectivity index (χ2n) is 3.60. The molecule has 0 rings (SSSR count). The predicted molar refractivity (Wildman–Crippen MR) is 48.8 cm³/mol. The van der Waals surface area contributed by atoms with E-state index in [2.05, 4.69) is 5.32 Å². The highest BCUT2D eigenvalue weighted by Crippen LogP contribution is 2.02. The Morgan fingerprint density at radius 2 is 2.08 bits per heavy atom. The van der Waals surface area contributed by atoms with Gasteiger partial charge >= 0.3 is 0 Å². The van der Waals surface area contributed by atoms with Crippen molar-refractivity contribution in [3.63, 3.8) is 0 Å². The Labute approximate surface area is 73.8 Å². The Kier molecular flexibility index (Phi) is 5.41. The van der Waals surface area contributed by atoms with Gasteiger partial charge in [0.2, 0.25) is 0 Å². The molecular weight excluding hydrogens is 156 g/mol. The Morgan fingerprint density at radius 3 is 2.50 bits per heavy atom. The SMILES string of the molecule is CC(CO)NCCC(C)(N)CO. The third-order valence-corrected chi connectivity index (χ3v) is 1.82. The molecule has 0 spiro atoms. The van der Waals surface area contributed by atoms with Crippen LogP contribution in [-0.2, 0) is 0 Å². The lowest BCUT2D eigenvalue weighted by Crippen LogP contribution is -2.44. The van der Waals surface area contributed by atoms with E-state index >= 15 is 0 Å². The predicted octanol–water partition coefficient (Wildman–Crippen LogP) is -0.943. The van der Waals surface area contributed by atoms with Crippen molar-refractivity contribution in [3.05, 3.63) is 0 Å². The van der Waals surface area contributed by atoms with E-state index in [1.54, 1.807) is 6.92 Å². The van der Waals surface area contributed by atoms with Crippen LogP contribution in [0.1, 0.15) is 20.3 Å². The monoisotopic (exact) mass is 176 g/mol. The van der Waals surface area contributed by atoms with Crippen molar-refractivity contribution in [1.29, 1.82) is 0 Å². The van der Waals surface area contributed by atoms with Crippen molar-refractivity contribution >= 4 is 0 Å². The molecule has 0 aliphatic rings. The number of nitrogens with two attached hydrogens (primary N) is 1. The molecule has 0 aliphatic heterocycles. The van der Waals surface area contributed by atoms with Crippen molar-refractivity contribution in [2.45, 2.75) is 31.8 Å². The van der Waals surface area contributed by atoms with E-state index in [4.69, 9.17) is 15.9 Å². The number of aliphatic hydroxyl groups excluding tert-OH is 2. The van der Waals surface area contributed by atoms with Gasteiger partial charge in [0.1, 0.15) is 0 Å². The molecule has 2 atom stereocenters. The number of hydrogen-bond donors (Lipinski definition) is 4. The van der Waals surface area contributed by atoms with E-state index in [1.807, 2.05) is 6.92 Å². The number of rotatable bonds is 6. The van der Waals surface area contributed by atoms with E-state index in [9.17, 15) is 0 Å². The van der Waals surface area contributed by atoms with Crippen LogP contribution in [-0.4, -0.2) is 41.6 Å². The van der Waals surface area contributed by atoms with Crippen molar-refractivity contribution in [2.24, 2.45) is 5.73 Å². The second kappa shape index (κ2) is 5.48. The second-order valence-corrected chi connectivity index (χ2v) is 3.60. The van der Waals surface area contributed by atoms with Gasteiger partial charge in [-0.25, -0.2) is 0 Å². The molecule has 4 nitrogen and oxygen atoms in total. The molecule has 0 saturated heterocycles. The zero-order valence-corrected chi connectivity index (χ0v) is 7.88. The van der Waals surface area contributed by atoms with Gasteiger partial charge < -0.3 is 21.3 Å². The summed E-state index contributed by atoms with van der Waals surface area (Å²) in [6.45, 7) is 4.53. The highest BCUT2D eigenvalue weighted by molar-refractivity contribution is 4.78. The Bertz CT molecular complexity index is 118. The Hall–Kier alpha value is -0.160. The summed E-state index contributed by atoms with van der Waals surface area (Å²) in [6.07, 6.45) is 0.702. The lowest BCUT2D eigenvalue weighted by Gasteiger charge is -2.22. The van der Waals surface area contributed by atoms with Crippen LogP contribution in [0.15, 0.2) is 0 Å². The lowest BCUT2D eigenvalue weighted by atomic mass is 10.0. The summed E-state index contributed by atoms with van der Waals surface area (Å²) in [4.78, 5) is 0. The first-order valence-corrected chi connectivity index (χ1v) is 4.26. The van der Waals surface area contributed by atoms with Crippen molar-refractivity contribution in [2.75, 3.05) is 19.8 Å². The van der Waals surface area contributed by atoms with E-state index in [-0.39, 0.29) is 19.3 Å². The summed E-state index contributed by atoms with van der Waals surface area (Å²) in [5, 5.41) is 20.6. The minimum Gasteiger partial charge on any atom is -0.395 e.